The van der Waals surface area contributed by atoms with E-state index < -0.39 is 29.5 Å². The third-order valence-corrected chi connectivity index (χ3v) is 8.60. The molecule has 2 aromatic rings. The number of aromatic hydroxyl groups is 1. The van der Waals surface area contributed by atoms with Crippen LogP contribution >= 0.6 is 31.9 Å². The molecular weight excluding hydrogens is 730 g/mol. The maximum Gasteiger partial charge on any atom is 0.410 e. The summed E-state index contributed by atoms with van der Waals surface area (Å²) < 4.78 is 20.8. The molecule has 4 rings (SSSR count). The monoisotopic (exact) mass is 757 g/mol. The zero-order valence-electron chi connectivity index (χ0n) is 24.2. The first-order chi connectivity index (χ1) is 21.6. The second kappa shape index (κ2) is 16.5. The van der Waals surface area contributed by atoms with E-state index in [-0.39, 0.29) is 24.2 Å². The van der Waals surface area contributed by atoms with Crippen LogP contribution in [0.15, 0.2) is 78.3 Å². The van der Waals surface area contributed by atoms with Gasteiger partial charge in [-0.1, -0.05) is 18.2 Å². The molecule has 2 aliphatic heterocycles. The smallest absolute Gasteiger partial charge is 0.410 e. The van der Waals surface area contributed by atoms with Crippen molar-refractivity contribution in [2.24, 2.45) is 9.39 Å². The van der Waals surface area contributed by atoms with Gasteiger partial charge in [-0.25, -0.2) is 9.59 Å². The minimum absolute atomic E-state index is 0.00752. The van der Waals surface area contributed by atoms with Crippen molar-refractivity contribution >= 4 is 78.7 Å². The molecule has 4 amide bonds. The molecule has 45 heavy (non-hydrogen) atoms. The van der Waals surface area contributed by atoms with Gasteiger partial charge in [0.05, 0.1) is 14.8 Å². The van der Waals surface area contributed by atoms with Crippen LogP contribution in [0.5, 0.6) is 5.75 Å². The van der Waals surface area contributed by atoms with Crippen LogP contribution in [-0.4, -0.2) is 87.3 Å². The Balaban J connectivity index is 1.43. The summed E-state index contributed by atoms with van der Waals surface area (Å²) in [6.07, 6.45) is 3.97. The number of amides is 4. The minimum Gasteiger partial charge on any atom is -0.591 e. The maximum atomic E-state index is 13.2. The van der Waals surface area contributed by atoms with E-state index >= 15 is 0 Å². The number of fused-ring (bicyclic) bond motifs is 1. The summed E-state index contributed by atoms with van der Waals surface area (Å²) in [5.41, 5.74) is 7.56. The fourth-order valence-corrected chi connectivity index (χ4v) is 6.29. The van der Waals surface area contributed by atoms with Crippen molar-refractivity contribution in [1.82, 2.24) is 9.80 Å². The number of anilines is 1. The average Bonchev–Trinajstić information content (AvgIpc) is 3.18. The van der Waals surface area contributed by atoms with Crippen LogP contribution in [-0.2, 0) is 33.7 Å². The molecule has 0 aromatic heterocycles. The molecule has 0 saturated carbocycles. The second-order valence-electron chi connectivity index (χ2n) is 10.0. The van der Waals surface area contributed by atoms with E-state index in [4.69, 9.17) is 4.74 Å². The molecule has 0 spiro atoms. The first-order valence-corrected chi connectivity index (χ1v) is 17.0. The number of ether oxygens (including phenoxy) is 1. The molecule has 1 fully saturated rings. The minimum atomic E-state index is -1.39. The highest BCUT2D eigenvalue weighted by Crippen LogP contribution is 2.34. The van der Waals surface area contributed by atoms with Gasteiger partial charge in [-0.3, -0.25) is 4.79 Å². The number of halogens is 2. The van der Waals surface area contributed by atoms with Crippen molar-refractivity contribution < 1.29 is 28.8 Å². The molecule has 234 valence electrons. The van der Waals surface area contributed by atoms with E-state index in [2.05, 4.69) is 69.8 Å². The summed E-state index contributed by atoms with van der Waals surface area (Å²) >= 11 is 5.16. The SMILES string of the molecule is C[S+]([O-])N=C=C=CC=C=C=NC(=O)[C@@H](Cc1cc(Br)c(O)c(Br)c1)OC(=O)N1CCC(N2CCc3ccccc3NC2=O)CC1. The molecule has 14 heteroatoms. The first kappa shape index (κ1) is 34.1. The van der Waals surface area contributed by atoms with Gasteiger partial charge in [-0.05, 0) is 108 Å². The van der Waals surface area contributed by atoms with Crippen molar-refractivity contribution in [3.63, 3.8) is 0 Å². The van der Waals surface area contributed by atoms with Crippen LogP contribution in [0.3, 0.4) is 0 Å². The summed E-state index contributed by atoms with van der Waals surface area (Å²) in [6, 6.07) is 10.8. The Kier molecular flexibility index (Phi) is 12.5. The van der Waals surface area contributed by atoms with Crippen molar-refractivity contribution in [3.05, 3.63) is 80.1 Å². The number of phenols is 1. The number of carbonyl (C=O) groups excluding carboxylic acids is 3. The van der Waals surface area contributed by atoms with E-state index in [0.29, 0.717) is 47.0 Å². The zero-order valence-corrected chi connectivity index (χ0v) is 28.2. The van der Waals surface area contributed by atoms with Gasteiger partial charge in [0.2, 0.25) is 0 Å². The number of piperidine rings is 1. The predicted molar refractivity (Wildman–Crippen MR) is 178 cm³/mol. The number of nitrogens with one attached hydrogen (secondary N) is 1. The van der Waals surface area contributed by atoms with E-state index in [1.165, 1.54) is 23.3 Å². The number of benzene rings is 2. The molecule has 0 bridgehead atoms. The average molecular weight is 759 g/mol. The van der Waals surface area contributed by atoms with Gasteiger partial charge in [-0.15, -0.1) is 0 Å². The lowest BCUT2D eigenvalue weighted by molar-refractivity contribution is -0.126. The molecule has 2 aromatic carbocycles. The normalized spacial score (nSPS) is 15.8. The van der Waals surface area contributed by atoms with Crippen molar-refractivity contribution in [2.45, 2.75) is 37.8 Å². The lowest BCUT2D eigenvalue weighted by Gasteiger charge is -2.37. The van der Waals surface area contributed by atoms with Crippen molar-refractivity contribution in [1.29, 1.82) is 0 Å². The van der Waals surface area contributed by atoms with E-state index in [1.54, 1.807) is 12.1 Å². The molecule has 0 radical (unpaired) electrons. The van der Waals surface area contributed by atoms with Crippen LogP contribution in [0.25, 0.3) is 0 Å². The molecule has 1 unspecified atom stereocenters. The number of urea groups is 1. The number of para-hydroxylation sites is 1. The third kappa shape index (κ3) is 9.83. The number of rotatable bonds is 7. The van der Waals surface area contributed by atoms with Gasteiger partial charge in [-0.2, -0.15) is 4.99 Å². The number of phenolic OH excluding ortho intramolecular Hbond substituents is 1. The standard InChI is InChI=1S/C31H29Br2N5O6S/c1-45(43)35-14-7-3-2-6-13-34-29(40)27(20-21-18-24(32)28(39)25(33)19-21)44-31(42)37-15-11-23(12-16-37)38-17-10-22-8-4-5-9-26(22)36-30(38)41/h2-5,8-9,18-19,23,27,39H,10-12,15-17,20H2,1H3,(H,36,41)/t27-,45?/m1/s1. The summed E-state index contributed by atoms with van der Waals surface area (Å²) in [7, 11) is 0. The van der Waals surface area contributed by atoms with Gasteiger partial charge < -0.3 is 29.5 Å². The van der Waals surface area contributed by atoms with Gasteiger partial charge in [0.25, 0.3) is 5.91 Å². The van der Waals surface area contributed by atoms with Gasteiger partial charge in [0.15, 0.2) is 6.10 Å². The Morgan fingerprint density at radius 1 is 1.16 bits per heavy atom. The summed E-state index contributed by atoms with van der Waals surface area (Å²) in [6.45, 7) is 1.27. The largest absolute Gasteiger partial charge is 0.591 e. The fraction of sp³-hybridized carbons (Fsp3) is 0.323. The Hall–Kier alpha value is -3.82. The number of aliphatic imine (C=N–C) groups is 1. The number of likely N-dealkylation sites (tertiary alicyclic amines) is 1. The second-order valence-corrected chi connectivity index (χ2v) is 12.8. The Bertz CT molecular complexity index is 1630. The number of allylic oxidation sites excluding steroid dienone is 2. The summed E-state index contributed by atoms with van der Waals surface area (Å²) in [4.78, 5) is 46.3. The number of hydrogen-bond donors (Lipinski definition) is 2. The molecule has 2 heterocycles. The molecule has 11 nitrogen and oxygen atoms in total. The molecule has 1 saturated heterocycles. The highest BCUT2D eigenvalue weighted by Gasteiger charge is 2.33. The molecule has 2 aliphatic rings. The highest BCUT2D eigenvalue weighted by atomic mass is 79.9. The number of nitrogens with zero attached hydrogens (tertiary/aromatic N) is 4. The van der Waals surface area contributed by atoms with Crippen molar-refractivity contribution in [3.8, 4) is 5.75 Å². The van der Waals surface area contributed by atoms with Crippen LogP contribution < -0.4 is 5.32 Å². The number of hydrogen-bond acceptors (Lipinski definition) is 7. The van der Waals surface area contributed by atoms with E-state index in [1.807, 2.05) is 29.2 Å². The quantitative estimate of drug-likeness (QED) is 0.174. The molecular formula is C31H29Br2N5O6S. The first-order valence-electron chi connectivity index (χ1n) is 13.8. The maximum absolute atomic E-state index is 13.2. The fourth-order valence-electron chi connectivity index (χ4n) is 4.83. The van der Waals surface area contributed by atoms with Crippen molar-refractivity contribution in [2.75, 3.05) is 31.2 Å². The molecule has 2 atom stereocenters. The predicted octanol–water partition coefficient (Wildman–Crippen LogP) is 5.10. The van der Waals surface area contributed by atoms with Crippen LogP contribution in [0, 0.1) is 0 Å². The lowest BCUT2D eigenvalue weighted by atomic mass is 10.0. The number of carbonyl (C=O) groups is 3. The van der Waals surface area contributed by atoms with E-state index in [9.17, 15) is 24.0 Å². The van der Waals surface area contributed by atoms with E-state index in [0.717, 1.165) is 17.7 Å². The topological polar surface area (TPSA) is 147 Å². The zero-order chi connectivity index (χ0) is 32.3. The Labute approximate surface area is 280 Å². The van der Waals surface area contributed by atoms with Crippen LogP contribution in [0.1, 0.15) is 24.0 Å². The lowest BCUT2D eigenvalue weighted by Crippen LogP contribution is -2.50. The van der Waals surface area contributed by atoms with Gasteiger partial charge in [0, 0.05) is 43.7 Å². The molecule has 2 N–H and O–H groups in total. The van der Waals surface area contributed by atoms with Gasteiger partial charge >= 0.3 is 12.1 Å². The summed E-state index contributed by atoms with van der Waals surface area (Å²) in [5.74, 6) is 3.94. The third-order valence-electron chi connectivity index (χ3n) is 7.04. The van der Waals surface area contributed by atoms with Gasteiger partial charge in [0.1, 0.15) is 23.4 Å². The summed E-state index contributed by atoms with van der Waals surface area (Å²) in [5, 5.41) is 13.1. The van der Waals surface area contributed by atoms with Crippen LogP contribution in [0.2, 0.25) is 0 Å². The Morgan fingerprint density at radius 2 is 1.82 bits per heavy atom. The van der Waals surface area contributed by atoms with Crippen LogP contribution in [0.4, 0.5) is 15.3 Å². The molecule has 0 aliphatic carbocycles. The highest BCUT2D eigenvalue weighted by molar-refractivity contribution is 9.11. The Morgan fingerprint density at radius 3 is 2.51 bits per heavy atom.